The van der Waals surface area contributed by atoms with Crippen molar-refractivity contribution in [3.8, 4) is 0 Å². The summed E-state index contributed by atoms with van der Waals surface area (Å²) in [4.78, 5) is 18.0. The fourth-order valence-electron chi connectivity index (χ4n) is 7.42. The molecule has 32 heavy (non-hydrogen) atoms. The van der Waals surface area contributed by atoms with Crippen LogP contribution < -0.4 is 15.4 Å². The molecule has 1 aliphatic heterocycles. The number of anilines is 2. The van der Waals surface area contributed by atoms with Crippen molar-refractivity contribution in [2.24, 2.45) is 17.8 Å². The summed E-state index contributed by atoms with van der Waals surface area (Å²) >= 11 is 13.0. The zero-order valence-corrected chi connectivity index (χ0v) is 20.1. The van der Waals surface area contributed by atoms with Gasteiger partial charge in [-0.3, -0.25) is 4.79 Å². The van der Waals surface area contributed by atoms with Crippen molar-refractivity contribution in [1.82, 2.24) is 9.78 Å². The number of halogens is 2. The number of hydrogen-bond donors (Lipinski definition) is 0. The molecule has 4 bridgehead atoms. The highest BCUT2D eigenvalue weighted by Gasteiger charge is 2.53. The molecule has 2 heterocycles. The van der Waals surface area contributed by atoms with Gasteiger partial charge in [-0.2, -0.15) is 5.10 Å². The third kappa shape index (κ3) is 3.35. The number of aromatic nitrogens is 2. The van der Waals surface area contributed by atoms with E-state index in [9.17, 15) is 4.79 Å². The standard InChI is InChI=1S/C25H30Cl2N4O/c1-16-2-3-20(26)11-21(16)29-4-6-30(7-5-29)22-15-28-31(24(32)23(22)27)25-12-17-8-18(13-25)10-19(9-17)14-25/h2-3,11,15,17-19H,4-10,12-14H2,1H3. The number of piperazine rings is 1. The Bertz CT molecular complexity index is 1070. The van der Waals surface area contributed by atoms with Crippen LogP contribution in [0.2, 0.25) is 10.0 Å². The Kier molecular flexibility index (Phi) is 4.99. The zero-order valence-electron chi connectivity index (χ0n) is 18.6. The molecular formula is C25H30Cl2N4O. The van der Waals surface area contributed by atoms with Crippen LogP contribution in [-0.2, 0) is 5.54 Å². The molecule has 0 spiro atoms. The van der Waals surface area contributed by atoms with Gasteiger partial charge in [-0.15, -0.1) is 0 Å². The minimum absolute atomic E-state index is 0.0979. The zero-order chi connectivity index (χ0) is 22.0. The van der Waals surface area contributed by atoms with Crippen molar-refractivity contribution in [2.45, 2.75) is 51.0 Å². The van der Waals surface area contributed by atoms with E-state index in [1.807, 2.05) is 18.3 Å². The Balaban J connectivity index is 1.23. The lowest BCUT2D eigenvalue weighted by Crippen LogP contribution is -2.55. The van der Waals surface area contributed by atoms with Crippen LogP contribution in [-0.4, -0.2) is 36.0 Å². The lowest BCUT2D eigenvalue weighted by Gasteiger charge is -2.56. The maximum absolute atomic E-state index is 13.4. The molecule has 5 nitrogen and oxygen atoms in total. The summed E-state index contributed by atoms with van der Waals surface area (Å²) < 4.78 is 1.79. The number of hydrogen-bond acceptors (Lipinski definition) is 4. The molecule has 0 unspecified atom stereocenters. The Morgan fingerprint density at radius 2 is 1.47 bits per heavy atom. The summed E-state index contributed by atoms with van der Waals surface area (Å²) in [5.74, 6) is 2.28. The van der Waals surface area contributed by atoms with E-state index < -0.39 is 0 Å². The molecule has 1 aromatic carbocycles. The minimum atomic E-state index is -0.100. The van der Waals surface area contributed by atoms with E-state index in [0.29, 0.717) is 5.02 Å². The molecule has 4 aliphatic carbocycles. The summed E-state index contributed by atoms with van der Waals surface area (Å²) in [6.45, 7) is 5.43. The second-order valence-corrected chi connectivity index (χ2v) is 11.4. The van der Waals surface area contributed by atoms with Crippen LogP contribution in [0.25, 0.3) is 0 Å². The first-order valence-electron chi connectivity index (χ1n) is 12.0. The van der Waals surface area contributed by atoms with Crippen LogP contribution in [0.15, 0.2) is 29.2 Å². The maximum atomic E-state index is 13.4. The van der Waals surface area contributed by atoms with Crippen molar-refractivity contribution in [3.05, 3.63) is 50.4 Å². The van der Waals surface area contributed by atoms with Crippen molar-refractivity contribution in [3.63, 3.8) is 0 Å². The second-order valence-electron chi connectivity index (χ2n) is 10.6. The van der Waals surface area contributed by atoms with Gasteiger partial charge in [0.15, 0.2) is 0 Å². The van der Waals surface area contributed by atoms with Crippen LogP contribution >= 0.6 is 23.2 Å². The molecule has 1 saturated heterocycles. The Labute approximate surface area is 199 Å². The monoisotopic (exact) mass is 472 g/mol. The van der Waals surface area contributed by atoms with E-state index in [1.54, 1.807) is 4.68 Å². The van der Waals surface area contributed by atoms with Gasteiger partial charge < -0.3 is 9.80 Å². The van der Waals surface area contributed by atoms with Gasteiger partial charge in [0.2, 0.25) is 0 Å². The van der Waals surface area contributed by atoms with Gasteiger partial charge in [0, 0.05) is 36.9 Å². The van der Waals surface area contributed by atoms with Gasteiger partial charge in [-0.05, 0) is 80.9 Å². The number of rotatable bonds is 3. The molecule has 4 saturated carbocycles. The van der Waals surface area contributed by atoms with E-state index in [-0.39, 0.29) is 11.1 Å². The third-order valence-electron chi connectivity index (χ3n) is 8.49. The molecule has 1 aromatic heterocycles. The van der Waals surface area contributed by atoms with Crippen LogP contribution in [0.4, 0.5) is 11.4 Å². The SMILES string of the molecule is Cc1ccc(Cl)cc1N1CCN(c2cnn(C34CC5CC(CC(C5)C3)C4)c(=O)c2Cl)CC1. The molecule has 7 rings (SSSR count). The van der Waals surface area contributed by atoms with Crippen molar-refractivity contribution in [1.29, 1.82) is 0 Å². The Morgan fingerprint density at radius 1 is 0.906 bits per heavy atom. The van der Waals surface area contributed by atoms with E-state index in [4.69, 9.17) is 28.3 Å². The lowest BCUT2D eigenvalue weighted by atomic mass is 9.53. The molecular weight excluding hydrogens is 443 g/mol. The average Bonchev–Trinajstić information content (AvgIpc) is 2.76. The highest BCUT2D eigenvalue weighted by atomic mass is 35.5. The predicted molar refractivity (Wildman–Crippen MR) is 130 cm³/mol. The first-order valence-corrected chi connectivity index (χ1v) is 12.7. The van der Waals surface area contributed by atoms with Gasteiger partial charge >= 0.3 is 0 Å². The topological polar surface area (TPSA) is 41.4 Å². The van der Waals surface area contributed by atoms with Crippen LogP contribution in [0.5, 0.6) is 0 Å². The summed E-state index contributed by atoms with van der Waals surface area (Å²) in [6.07, 6.45) is 9.17. The highest BCUT2D eigenvalue weighted by molar-refractivity contribution is 6.33. The molecule has 2 aromatic rings. The molecule has 0 radical (unpaired) electrons. The fraction of sp³-hybridized carbons (Fsp3) is 0.600. The first kappa shape index (κ1) is 20.9. The largest absolute Gasteiger partial charge is 0.368 e. The summed E-state index contributed by atoms with van der Waals surface area (Å²) in [6, 6.07) is 6.03. The molecule has 170 valence electrons. The van der Waals surface area contributed by atoms with E-state index >= 15 is 0 Å². The summed E-state index contributed by atoms with van der Waals surface area (Å²) in [5.41, 5.74) is 2.98. The van der Waals surface area contributed by atoms with Crippen molar-refractivity contribution in [2.75, 3.05) is 36.0 Å². The normalized spacial score (nSPS) is 31.4. The van der Waals surface area contributed by atoms with E-state index in [1.165, 1.54) is 30.5 Å². The molecule has 7 heteroatoms. The summed E-state index contributed by atoms with van der Waals surface area (Å²) in [5, 5.41) is 5.85. The lowest BCUT2D eigenvalue weighted by molar-refractivity contribution is -0.0518. The molecule has 0 N–H and O–H groups in total. The third-order valence-corrected chi connectivity index (χ3v) is 9.08. The first-order chi connectivity index (χ1) is 15.4. The van der Waals surface area contributed by atoms with Gasteiger partial charge in [0.05, 0.1) is 17.4 Å². The maximum Gasteiger partial charge on any atom is 0.288 e. The number of aryl methyl sites for hydroxylation is 1. The van der Waals surface area contributed by atoms with E-state index in [0.717, 1.165) is 73.9 Å². The second kappa shape index (κ2) is 7.66. The van der Waals surface area contributed by atoms with Crippen LogP contribution in [0.3, 0.4) is 0 Å². The Morgan fingerprint density at radius 3 is 2.06 bits per heavy atom. The smallest absolute Gasteiger partial charge is 0.288 e. The number of nitrogens with zero attached hydrogens (tertiary/aromatic N) is 4. The predicted octanol–water partition coefficient (Wildman–Crippen LogP) is 5.11. The van der Waals surface area contributed by atoms with Crippen molar-refractivity contribution >= 4 is 34.6 Å². The van der Waals surface area contributed by atoms with E-state index in [2.05, 4.69) is 22.8 Å². The number of benzene rings is 1. The Hall–Kier alpha value is -1.72. The van der Waals surface area contributed by atoms with Gasteiger partial charge in [-0.25, -0.2) is 4.68 Å². The van der Waals surface area contributed by atoms with Gasteiger partial charge in [-0.1, -0.05) is 29.3 Å². The summed E-state index contributed by atoms with van der Waals surface area (Å²) in [7, 11) is 0. The van der Waals surface area contributed by atoms with Crippen molar-refractivity contribution < 1.29 is 0 Å². The molecule has 5 fully saturated rings. The minimum Gasteiger partial charge on any atom is -0.368 e. The molecule has 0 atom stereocenters. The van der Waals surface area contributed by atoms with Gasteiger partial charge in [0.25, 0.3) is 5.56 Å². The highest BCUT2D eigenvalue weighted by Crippen LogP contribution is 2.58. The molecule has 0 amide bonds. The van der Waals surface area contributed by atoms with Gasteiger partial charge in [0.1, 0.15) is 5.02 Å². The fourth-order valence-corrected chi connectivity index (χ4v) is 7.83. The quantitative estimate of drug-likeness (QED) is 0.622. The average molecular weight is 473 g/mol. The van der Waals surface area contributed by atoms with Crippen LogP contribution in [0, 0.1) is 24.7 Å². The van der Waals surface area contributed by atoms with Crippen LogP contribution in [0.1, 0.15) is 44.1 Å². The molecule has 5 aliphatic rings.